The second-order valence-electron chi connectivity index (χ2n) is 7.90. The van der Waals surface area contributed by atoms with Gasteiger partial charge in [0.25, 0.3) is 0 Å². The molecule has 3 nitrogen and oxygen atoms in total. The van der Waals surface area contributed by atoms with E-state index in [1.54, 1.807) is 6.26 Å². The topological polar surface area (TPSA) is 42.4 Å². The van der Waals surface area contributed by atoms with Crippen molar-refractivity contribution in [3.05, 3.63) is 24.2 Å². The SMILES string of the molecule is NCC1CCC(CN(Cc2ccco2)CC2CCCCC2)CC1. The number of hydrogen-bond acceptors (Lipinski definition) is 3. The maximum absolute atomic E-state index is 5.84. The fourth-order valence-electron chi connectivity index (χ4n) is 4.58. The number of nitrogens with zero attached hydrogens (tertiary/aromatic N) is 1. The Bertz CT molecular complexity index is 417. The Morgan fingerprint density at radius 1 is 0.913 bits per heavy atom. The zero-order valence-electron chi connectivity index (χ0n) is 14.6. The summed E-state index contributed by atoms with van der Waals surface area (Å²) in [6.45, 7) is 4.37. The van der Waals surface area contributed by atoms with Crippen LogP contribution in [0.3, 0.4) is 0 Å². The number of furan rings is 1. The van der Waals surface area contributed by atoms with E-state index in [0.717, 1.165) is 36.6 Å². The molecule has 2 aliphatic rings. The van der Waals surface area contributed by atoms with Crippen molar-refractivity contribution in [3.8, 4) is 0 Å². The summed E-state index contributed by atoms with van der Waals surface area (Å²) >= 11 is 0. The van der Waals surface area contributed by atoms with E-state index < -0.39 is 0 Å². The molecule has 0 unspecified atom stereocenters. The van der Waals surface area contributed by atoms with Gasteiger partial charge in [0.1, 0.15) is 5.76 Å². The molecule has 0 atom stereocenters. The number of nitrogens with two attached hydrogens (primary N) is 1. The molecule has 0 bridgehead atoms. The fraction of sp³-hybridized carbons (Fsp3) is 0.800. The largest absolute Gasteiger partial charge is 0.468 e. The maximum Gasteiger partial charge on any atom is 0.117 e. The highest BCUT2D eigenvalue weighted by molar-refractivity contribution is 4.98. The summed E-state index contributed by atoms with van der Waals surface area (Å²) in [5.41, 5.74) is 5.84. The van der Waals surface area contributed by atoms with Crippen LogP contribution >= 0.6 is 0 Å². The third kappa shape index (κ3) is 5.36. The summed E-state index contributed by atoms with van der Waals surface area (Å²) in [5.74, 6) is 3.66. The molecule has 0 spiro atoms. The first-order valence-electron chi connectivity index (χ1n) is 9.78. The van der Waals surface area contributed by atoms with Gasteiger partial charge in [-0.25, -0.2) is 0 Å². The Hall–Kier alpha value is -0.800. The van der Waals surface area contributed by atoms with Crippen LogP contribution in [0.1, 0.15) is 63.5 Å². The molecular formula is C20H34N2O. The van der Waals surface area contributed by atoms with E-state index in [1.807, 2.05) is 6.07 Å². The van der Waals surface area contributed by atoms with Gasteiger partial charge in [-0.3, -0.25) is 4.90 Å². The summed E-state index contributed by atoms with van der Waals surface area (Å²) in [5, 5.41) is 0. The molecule has 2 N–H and O–H groups in total. The Labute approximate surface area is 141 Å². The number of hydrogen-bond donors (Lipinski definition) is 1. The van der Waals surface area contributed by atoms with Crippen LogP contribution in [-0.4, -0.2) is 24.5 Å². The lowest BCUT2D eigenvalue weighted by molar-refractivity contribution is 0.136. The first kappa shape index (κ1) is 17.0. The zero-order valence-corrected chi connectivity index (χ0v) is 14.6. The fourth-order valence-corrected chi connectivity index (χ4v) is 4.58. The van der Waals surface area contributed by atoms with E-state index in [-0.39, 0.29) is 0 Å². The van der Waals surface area contributed by atoms with Crippen molar-refractivity contribution in [2.24, 2.45) is 23.5 Å². The van der Waals surface area contributed by atoms with Gasteiger partial charge in [0, 0.05) is 13.1 Å². The van der Waals surface area contributed by atoms with Crippen molar-refractivity contribution >= 4 is 0 Å². The van der Waals surface area contributed by atoms with Crippen LogP contribution in [0.4, 0.5) is 0 Å². The second-order valence-corrected chi connectivity index (χ2v) is 7.90. The van der Waals surface area contributed by atoms with Crippen molar-refractivity contribution in [3.63, 3.8) is 0 Å². The Balaban J connectivity index is 1.53. The van der Waals surface area contributed by atoms with Gasteiger partial charge < -0.3 is 10.2 Å². The highest BCUT2D eigenvalue weighted by atomic mass is 16.3. The molecule has 2 aliphatic carbocycles. The Kier molecular flexibility index (Phi) is 6.58. The van der Waals surface area contributed by atoms with Crippen LogP contribution in [0.25, 0.3) is 0 Å². The first-order chi connectivity index (χ1) is 11.3. The minimum Gasteiger partial charge on any atom is -0.468 e. The van der Waals surface area contributed by atoms with Crippen LogP contribution in [0.5, 0.6) is 0 Å². The molecule has 1 aromatic rings. The molecule has 1 heterocycles. The van der Waals surface area contributed by atoms with Gasteiger partial charge in [-0.1, -0.05) is 19.3 Å². The van der Waals surface area contributed by atoms with Crippen molar-refractivity contribution in [2.75, 3.05) is 19.6 Å². The Morgan fingerprint density at radius 2 is 1.57 bits per heavy atom. The molecular weight excluding hydrogens is 284 g/mol. The molecule has 130 valence electrons. The molecule has 0 saturated heterocycles. The molecule has 1 aromatic heterocycles. The van der Waals surface area contributed by atoms with Crippen LogP contribution in [0.2, 0.25) is 0 Å². The van der Waals surface area contributed by atoms with Gasteiger partial charge in [0.05, 0.1) is 12.8 Å². The van der Waals surface area contributed by atoms with E-state index in [0.29, 0.717) is 0 Å². The van der Waals surface area contributed by atoms with Gasteiger partial charge in [-0.2, -0.15) is 0 Å². The van der Waals surface area contributed by atoms with Gasteiger partial charge >= 0.3 is 0 Å². The van der Waals surface area contributed by atoms with Crippen molar-refractivity contribution in [1.29, 1.82) is 0 Å². The normalized spacial score (nSPS) is 26.7. The predicted octanol–water partition coefficient (Wildman–Crippen LogP) is 4.43. The van der Waals surface area contributed by atoms with Gasteiger partial charge in [0.2, 0.25) is 0 Å². The molecule has 23 heavy (non-hydrogen) atoms. The molecule has 2 fully saturated rings. The van der Waals surface area contributed by atoms with E-state index in [2.05, 4.69) is 11.0 Å². The minimum absolute atomic E-state index is 0.781. The van der Waals surface area contributed by atoms with Crippen LogP contribution in [0.15, 0.2) is 22.8 Å². The van der Waals surface area contributed by atoms with E-state index in [9.17, 15) is 0 Å². The lowest BCUT2D eigenvalue weighted by Gasteiger charge is -2.34. The number of rotatable bonds is 7. The summed E-state index contributed by atoms with van der Waals surface area (Å²) in [6.07, 6.45) is 14.4. The van der Waals surface area contributed by atoms with Crippen molar-refractivity contribution < 1.29 is 4.42 Å². The first-order valence-corrected chi connectivity index (χ1v) is 9.78. The molecule has 0 aliphatic heterocycles. The molecule has 3 rings (SSSR count). The quantitative estimate of drug-likeness (QED) is 0.809. The third-order valence-corrected chi connectivity index (χ3v) is 6.02. The standard InChI is InChI=1S/C20H34N2O/c21-13-17-8-10-19(11-9-17)15-22(16-20-7-4-12-23-20)14-18-5-2-1-3-6-18/h4,7,12,17-19H,1-3,5-6,8-11,13-16,21H2. The summed E-state index contributed by atoms with van der Waals surface area (Å²) in [6, 6.07) is 4.14. The van der Waals surface area contributed by atoms with Crippen molar-refractivity contribution in [1.82, 2.24) is 4.90 Å². The lowest BCUT2D eigenvalue weighted by atomic mass is 9.81. The van der Waals surface area contributed by atoms with Crippen LogP contribution < -0.4 is 5.73 Å². The monoisotopic (exact) mass is 318 g/mol. The summed E-state index contributed by atoms with van der Waals surface area (Å²) in [4.78, 5) is 2.68. The minimum atomic E-state index is 0.781. The van der Waals surface area contributed by atoms with Gasteiger partial charge in [-0.15, -0.1) is 0 Å². The average molecular weight is 319 g/mol. The van der Waals surface area contributed by atoms with Gasteiger partial charge in [-0.05, 0) is 75.0 Å². The van der Waals surface area contributed by atoms with Crippen molar-refractivity contribution in [2.45, 2.75) is 64.3 Å². The van der Waals surface area contributed by atoms with E-state index in [4.69, 9.17) is 10.2 Å². The second kappa shape index (κ2) is 8.89. The Morgan fingerprint density at radius 3 is 2.17 bits per heavy atom. The zero-order chi connectivity index (χ0) is 15.9. The van der Waals surface area contributed by atoms with E-state index in [1.165, 1.54) is 70.9 Å². The van der Waals surface area contributed by atoms with Crippen LogP contribution in [-0.2, 0) is 6.54 Å². The highest BCUT2D eigenvalue weighted by Gasteiger charge is 2.24. The highest BCUT2D eigenvalue weighted by Crippen LogP contribution is 2.30. The summed E-state index contributed by atoms with van der Waals surface area (Å²) in [7, 11) is 0. The van der Waals surface area contributed by atoms with E-state index >= 15 is 0 Å². The lowest BCUT2D eigenvalue weighted by Crippen LogP contribution is -2.36. The van der Waals surface area contributed by atoms with Crippen LogP contribution in [0, 0.1) is 17.8 Å². The average Bonchev–Trinajstić information content (AvgIpc) is 3.09. The summed E-state index contributed by atoms with van der Waals surface area (Å²) < 4.78 is 5.62. The predicted molar refractivity (Wildman–Crippen MR) is 95.1 cm³/mol. The molecule has 0 amide bonds. The smallest absolute Gasteiger partial charge is 0.117 e. The maximum atomic E-state index is 5.84. The molecule has 0 radical (unpaired) electrons. The molecule has 3 heteroatoms. The third-order valence-electron chi connectivity index (χ3n) is 6.02. The molecule has 2 saturated carbocycles. The molecule has 0 aromatic carbocycles. The van der Waals surface area contributed by atoms with Gasteiger partial charge in [0.15, 0.2) is 0 Å².